The highest BCUT2D eigenvalue weighted by molar-refractivity contribution is 9.11. The Bertz CT molecular complexity index is 499. The van der Waals surface area contributed by atoms with Gasteiger partial charge in [-0.2, -0.15) is 0 Å². The Hall–Kier alpha value is -0.610. The average Bonchev–Trinajstić information content (AvgIpc) is 2.24. The summed E-state index contributed by atoms with van der Waals surface area (Å²) >= 11 is 6.98. The lowest BCUT2D eigenvalue weighted by Crippen LogP contribution is -1.95. The molecule has 0 fully saturated rings. The number of fused-ring (bicyclic) bond motifs is 1. The fraction of sp³-hybridized carbons (Fsp3) is 0.182. The summed E-state index contributed by atoms with van der Waals surface area (Å²) < 4.78 is 7.51. The molecule has 1 aromatic carbocycles. The summed E-state index contributed by atoms with van der Waals surface area (Å²) in [4.78, 5) is 4.34. The third-order valence-corrected chi connectivity index (χ3v) is 3.28. The quantitative estimate of drug-likeness (QED) is 0.825. The minimum absolute atomic E-state index is 0.631. The van der Waals surface area contributed by atoms with E-state index in [4.69, 9.17) is 4.74 Å². The van der Waals surface area contributed by atoms with Crippen LogP contribution in [0.3, 0.4) is 0 Å². The van der Waals surface area contributed by atoms with E-state index in [1.807, 2.05) is 25.1 Å². The van der Waals surface area contributed by atoms with Gasteiger partial charge in [-0.25, -0.2) is 0 Å². The fourth-order valence-corrected chi connectivity index (χ4v) is 2.82. The van der Waals surface area contributed by atoms with Crippen LogP contribution in [0.1, 0.15) is 6.92 Å². The number of pyridine rings is 1. The van der Waals surface area contributed by atoms with Gasteiger partial charge in [-0.3, -0.25) is 4.98 Å². The molecule has 0 amide bonds. The Kier molecular flexibility index (Phi) is 3.26. The molecule has 0 spiro atoms. The van der Waals surface area contributed by atoms with E-state index in [2.05, 4.69) is 36.8 Å². The smallest absolute Gasteiger partial charge is 0.159 e. The molecule has 0 unspecified atom stereocenters. The maximum absolute atomic E-state index is 5.57. The summed E-state index contributed by atoms with van der Waals surface area (Å²) in [5.74, 6) is 0.802. The van der Waals surface area contributed by atoms with Gasteiger partial charge in [-0.1, -0.05) is 22.0 Å². The van der Waals surface area contributed by atoms with Gasteiger partial charge in [0.2, 0.25) is 0 Å². The first-order valence-corrected chi connectivity index (χ1v) is 6.18. The largest absolute Gasteiger partial charge is 0.490 e. The van der Waals surface area contributed by atoms with Crippen LogP contribution in [0.2, 0.25) is 0 Å². The van der Waals surface area contributed by atoms with Crippen molar-refractivity contribution in [2.45, 2.75) is 6.92 Å². The van der Waals surface area contributed by atoms with Gasteiger partial charge in [0.25, 0.3) is 0 Å². The van der Waals surface area contributed by atoms with Gasteiger partial charge in [0.1, 0.15) is 5.52 Å². The number of hydrogen-bond acceptors (Lipinski definition) is 2. The molecule has 1 aromatic heterocycles. The monoisotopic (exact) mass is 329 g/mol. The van der Waals surface area contributed by atoms with Gasteiger partial charge in [0, 0.05) is 16.1 Å². The van der Waals surface area contributed by atoms with Crippen LogP contribution in [0.5, 0.6) is 5.75 Å². The summed E-state index contributed by atoms with van der Waals surface area (Å²) in [6.45, 7) is 2.59. The zero-order valence-corrected chi connectivity index (χ0v) is 11.3. The molecule has 0 N–H and O–H groups in total. The van der Waals surface area contributed by atoms with Crippen molar-refractivity contribution in [1.82, 2.24) is 4.98 Å². The summed E-state index contributed by atoms with van der Waals surface area (Å²) in [7, 11) is 0. The summed E-state index contributed by atoms with van der Waals surface area (Å²) in [6, 6.07) is 5.91. The maximum atomic E-state index is 5.57. The number of halogens is 2. The van der Waals surface area contributed by atoms with E-state index in [0.29, 0.717) is 6.61 Å². The van der Waals surface area contributed by atoms with Crippen molar-refractivity contribution < 1.29 is 4.74 Å². The lowest BCUT2D eigenvalue weighted by atomic mass is 10.2. The predicted octanol–water partition coefficient (Wildman–Crippen LogP) is 4.16. The Morgan fingerprint density at radius 1 is 1.33 bits per heavy atom. The lowest BCUT2D eigenvalue weighted by molar-refractivity contribution is 0.341. The standard InChI is InChI=1S/C11H9Br2NO/c1-2-15-11-9(13)6-8(12)7-4-3-5-14-10(7)11/h3-6H,2H2,1H3. The number of ether oxygens (including phenoxy) is 1. The number of rotatable bonds is 2. The number of aromatic nitrogens is 1. The van der Waals surface area contributed by atoms with E-state index < -0.39 is 0 Å². The highest BCUT2D eigenvalue weighted by Gasteiger charge is 2.10. The van der Waals surface area contributed by atoms with E-state index in [1.54, 1.807) is 6.20 Å². The lowest BCUT2D eigenvalue weighted by Gasteiger charge is -2.10. The Morgan fingerprint density at radius 3 is 2.87 bits per heavy atom. The second-order valence-electron chi connectivity index (χ2n) is 3.00. The van der Waals surface area contributed by atoms with Gasteiger partial charge >= 0.3 is 0 Å². The predicted molar refractivity (Wildman–Crippen MR) is 68.3 cm³/mol. The molecule has 2 nitrogen and oxygen atoms in total. The number of benzene rings is 1. The molecular weight excluding hydrogens is 322 g/mol. The second kappa shape index (κ2) is 4.49. The van der Waals surface area contributed by atoms with Gasteiger partial charge in [-0.05, 0) is 35.0 Å². The third-order valence-electron chi connectivity index (χ3n) is 2.04. The average molecular weight is 331 g/mol. The SMILES string of the molecule is CCOc1c(Br)cc(Br)c2cccnc12. The van der Waals surface area contributed by atoms with Crippen LogP contribution in [0, 0.1) is 0 Å². The van der Waals surface area contributed by atoms with Crippen molar-refractivity contribution in [2.75, 3.05) is 6.61 Å². The molecule has 0 saturated heterocycles. The number of nitrogens with zero attached hydrogens (tertiary/aromatic N) is 1. The molecule has 15 heavy (non-hydrogen) atoms. The van der Waals surface area contributed by atoms with Crippen LogP contribution >= 0.6 is 31.9 Å². The molecule has 0 atom stereocenters. The Labute approximate surface area is 105 Å². The van der Waals surface area contributed by atoms with Crippen LogP contribution in [0.4, 0.5) is 0 Å². The Balaban J connectivity index is 2.77. The van der Waals surface area contributed by atoms with Crippen LogP contribution in [0.25, 0.3) is 10.9 Å². The third kappa shape index (κ3) is 2.01. The number of hydrogen-bond donors (Lipinski definition) is 0. The zero-order valence-electron chi connectivity index (χ0n) is 8.13. The summed E-state index contributed by atoms with van der Waals surface area (Å²) in [5, 5.41) is 1.06. The highest BCUT2D eigenvalue weighted by atomic mass is 79.9. The molecule has 2 aromatic rings. The molecule has 78 valence electrons. The summed E-state index contributed by atoms with van der Waals surface area (Å²) in [6.07, 6.45) is 1.77. The fourth-order valence-electron chi connectivity index (χ4n) is 1.43. The molecule has 0 aliphatic carbocycles. The van der Waals surface area contributed by atoms with E-state index in [9.17, 15) is 0 Å². The van der Waals surface area contributed by atoms with Crippen molar-refractivity contribution in [3.05, 3.63) is 33.3 Å². The van der Waals surface area contributed by atoms with E-state index in [1.165, 1.54) is 0 Å². The van der Waals surface area contributed by atoms with Gasteiger partial charge in [0.05, 0.1) is 11.1 Å². The molecule has 2 rings (SSSR count). The molecule has 1 heterocycles. The molecule has 4 heteroatoms. The maximum Gasteiger partial charge on any atom is 0.159 e. The van der Waals surface area contributed by atoms with Crippen LogP contribution in [0.15, 0.2) is 33.3 Å². The van der Waals surface area contributed by atoms with Crippen molar-refractivity contribution in [3.63, 3.8) is 0 Å². The highest BCUT2D eigenvalue weighted by Crippen LogP contribution is 2.37. The first-order chi connectivity index (χ1) is 7.24. The molecule has 0 aliphatic rings. The first kappa shape index (κ1) is 10.9. The van der Waals surface area contributed by atoms with E-state index in [-0.39, 0.29) is 0 Å². The zero-order chi connectivity index (χ0) is 10.8. The molecule has 0 radical (unpaired) electrons. The van der Waals surface area contributed by atoms with E-state index >= 15 is 0 Å². The van der Waals surface area contributed by atoms with Crippen molar-refractivity contribution in [2.24, 2.45) is 0 Å². The van der Waals surface area contributed by atoms with Crippen LogP contribution in [-0.2, 0) is 0 Å². The normalized spacial score (nSPS) is 10.6. The minimum atomic E-state index is 0.631. The van der Waals surface area contributed by atoms with Crippen molar-refractivity contribution in [3.8, 4) is 5.75 Å². The molecule has 0 bridgehead atoms. The van der Waals surface area contributed by atoms with E-state index in [0.717, 1.165) is 25.6 Å². The first-order valence-electron chi connectivity index (χ1n) is 4.59. The molecular formula is C11H9Br2NO. The topological polar surface area (TPSA) is 22.1 Å². The molecule has 0 aliphatic heterocycles. The van der Waals surface area contributed by atoms with Crippen molar-refractivity contribution in [1.29, 1.82) is 0 Å². The summed E-state index contributed by atoms with van der Waals surface area (Å²) in [5.41, 5.74) is 0.876. The van der Waals surface area contributed by atoms with Crippen LogP contribution in [-0.4, -0.2) is 11.6 Å². The van der Waals surface area contributed by atoms with Gasteiger partial charge in [0.15, 0.2) is 5.75 Å². The van der Waals surface area contributed by atoms with Gasteiger partial charge < -0.3 is 4.74 Å². The van der Waals surface area contributed by atoms with Gasteiger partial charge in [-0.15, -0.1) is 0 Å². The Morgan fingerprint density at radius 2 is 2.13 bits per heavy atom. The van der Waals surface area contributed by atoms with Crippen LogP contribution < -0.4 is 4.74 Å². The molecule has 0 saturated carbocycles. The second-order valence-corrected chi connectivity index (χ2v) is 4.71. The van der Waals surface area contributed by atoms with Crippen molar-refractivity contribution >= 4 is 42.8 Å². The minimum Gasteiger partial charge on any atom is -0.490 e.